The fourth-order valence-corrected chi connectivity index (χ4v) is 12.3. The summed E-state index contributed by atoms with van der Waals surface area (Å²) in [5.41, 5.74) is 13.0. The zero-order valence-corrected chi connectivity index (χ0v) is 35.7. The van der Waals surface area contributed by atoms with E-state index in [1.807, 2.05) is 28.7 Å². The Balaban J connectivity index is 1.22. The largest absolute Gasteiger partial charge is 0.460 e. The number of thiophene rings is 2. The molecule has 4 heteroatoms. The molecule has 0 amide bonds. The van der Waals surface area contributed by atoms with Crippen LogP contribution in [0, 0.1) is 0 Å². The lowest BCUT2D eigenvalue weighted by Crippen LogP contribution is -2.12. The smallest absolute Gasteiger partial charge is 0.134 e. The fraction of sp³-hybridized carbons (Fsp3) is 0.0690. The molecule has 0 aliphatic heterocycles. The zero-order valence-electron chi connectivity index (χ0n) is 34.1. The number of fused-ring (bicyclic) bond motifs is 10. The molecule has 0 saturated heterocycles. The van der Waals surface area contributed by atoms with Crippen LogP contribution in [0.3, 0.4) is 0 Å². The van der Waals surface area contributed by atoms with Gasteiger partial charge in [-0.2, -0.15) is 0 Å². The Morgan fingerprint density at radius 2 is 1.39 bits per heavy atom. The van der Waals surface area contributed by atoms with E-state index in [1.165, 1.54) is 85.1 Å². The van der Waals surface area contributed by atoms with E-state index in [2.05, 4.69) is 194 Å². The molecule has 2 nitrogen and oxygen atoms in total. The van der Waals surface area contributed by atoms with Crippen LogP contribution < -0.4 is 4.90 Å². The third kappa shape index (κ3) is 5.97. The fourth-order valence-electron chi connectivity index (χ4n) is 9.82. The first-order valence-electron chi connectivity index (χ1n) is 21.5. The van der Waals surface area contributed by atoms with Gasteiger partial charge in [-0.3, -0.25) is 0 Å². The highest BCUT2D eigenvalue weighted by Gasteiger charge is 2.27. The van der Waals surface area contributed by atoms with Crippen LogP contribution in [0.1, 0.15) is 40.2 Å². The Hall–Kier alpha value is -6.98. The summed E-state index contributed by atoms with van der Waals surface area (Å²) in [6, 6.07) is 41.0. The average molecular weight is 832 g/mol. The van der Waals surface area contributed by atoms with Crippen molar-refractivity contribution in [1.82, 2.24) is 0 Å². The predicted molar refractivity (Wildman–Crippen MR) is 270 cm³/mol. The van der Waals surface area contributed by atoms with Crippen LogP contribution in [0.4, 0.5) is 17.1 Å². The SMILES string of the molecule is C=C/C=C\C(=C1\C=CC=CC1)c1c(-c2ccc3oc4c(c3c2)C=CC=CC4)cc(N(c2cccc3c4c(sc23)C=CCC4)c2cccc3c2sc2ccccc23)c2ccccc12. The molecular formula is C58H41NOS2. The van der Waals surface area contributed by atoms with Gasteiger partial charge in [0.05, 0.1) is 26.5 Å². The second-order valence-corrected chi connectivity index (χ2v) is 18.3. The predicted octanol–water partition coefficient (Wildman–Crippen LogP) is 17.4. The summed E-state index contributed by atoms with van der Waals surface area (Å²) in [5.74, 6) is 1.00. The number of allylic oxidation sites excluding steroid dienone is 13. The van der Waals surface area contributed by atoms with E-state index in [4.69, 9.17) is 4.42 Å². The summed E-state index contributed by atoms with van der Waals surface area (Å²) in [6.07, 6.45) is 32.1. The second kappa shape index (κ2) is 15.2. The molecule has 12 rings (SSSR count). The highest BCUT2D eigenvalue weighted by Crippen LogP contribution is 2.53. The summed E-state index contributed by atoms with van der Waals surface area (Å²) in [5, 5.41) is 7.44. The maximum absolute atomic E-state index is 6.51. The van der Waals surface area contributed by atoms with Crippen LogP contribution >= 0.6 is 22.7 Å². The topological polar surface area (TPSA) is 16.4 Å². The Kier molecular flexibility index (Phi) is 9.02. The molecule has 296 valence electrons. The molecule has 3 aromatic heterocycles. The van der Waals surface area contributed by atoms with Crippen molar-refractivity contribution in [3.05, 3.63) is 216 Å². The van der Waals surface area contributed by atoms with E-state index in [-0.39, 0.29) is 0 Å². The van der Waals surface area contributed by atoms with Gasteiger partial charge >= 0.3 is 0 Å². The van der Waals surface area contributed by atoms with Gasteiger partial charge in [0.25, 0.3) is 0 Å². The maximum Gasteiger partial charge on any atom is 0.134 e. The maximum atomic E-state index is 6.51. The zero-order chi connectivity index (χ0) is 41.1. The first kappa shape index (κ1) is 36.8. The lowest BCUT2D eigenvalue weighted by molar-refractivity contribution is 0.564. The number of hydrogen-bond acceptors (Lipinski definition) is 4. The van der Waals surface area contributed by atoms with Gasteiger partial charge in [-0.05, 0) is 106 Å². The number of hydrogen-bond donors (Lipinski definition) is 0. The first-order valence-corrected chi connectivity index (χ1v) is 23.1. The van der Waals surface area contributed by atoms with Gasteiger partial charge < -0.3 is 9.32 Å². The monoisotopic (exact) mass is 831 g/mol. The van der Waals surface area contributed by atoms with Gasteiger partial charge in [0.1, 0.15) is 11.3 Å². The lowest BCUT2D eigenvalue weighted by atomic mass is 9.84. The van der Waals surface area contributed by atoms with E-state index in [1.54, 1.807) is 0 Å². The first-order chi connectivity index (χ1) is 30.7. The molecule has 0 bridgehead atoms. The van der Waals surface area contributed by atoms with Crippen LogP contribution in [0.2, 0.25) is 0 Å². The van der Waals surface area contributed by atoms with E-state index < -0.39 is 0 Å². The van der Waals surface area contributed by atoms with E-state index >= 15 is 0 Å². The molecule has 3 aliphatic rings. The van der Waals surface area contributed by atoms with E-state index in [0.29, 0.717) is 0 Å². The highest BCUT2D eigenvalue weighted by atomic mass is 32.1. The van der Waals surface area contributed by atoms with Crippen LogP contribution in [-0.2, 0) is 12.8 Å². The minimum atomic E-state index is 0.770. The van der Waals surface area contributed by atoms with E-state index in [9.17, 15) is 0 Å². The van der Waals surface area contributed by atoms with Gasteiger partial charge in [-0.25, -0.2) is 0 Å². The van der Waals surface area contributed by atoms with E-state index in [0.717, 1.165) is 59.2 Å². The van der Waals surface area contributed by atoms with Crippen molar-refractivity contribution in [3.8, 4) is 11.1 Å². The molecule has 0 fully saturated rings. The molecule has 6 aromatic carbocycles. The molecule has 62 heavy (non-hydrogen) atoms. The number of benzene rings is 6. The molecule has 0 saturated carbocycles. The van der Waals surface area contributed by atoms with Gasteiger partial charge in [0.15, 0.2) is 0 Å². The molecule has 0 atom stereocenters. The Bertz CT molecular complexity index is 3550. The van der Waals surface area contributed by atoms with Crippen molar-refractivity contribution in [2.75, 3.05) is 4.90 Å². The number of rotatable bonds is 7. The van der Waals surface area contributed by atoms with Crippen LogP contribution in [-0.4, -0.2) is 0 Å². The van der Waals surface area contributed by atoms with Crippen molar-refractivity contribution in [2.24, 2.45) is 0 Å². The third-order valence-electron chi connectivity index (χ3n) is 12.6. The van der Waals surface area contributed by atoms with Gasteiger partial charge in [-0.15, -0.1) is 22.7 Å². The molecule has 0 N–H and O–H groups in total. The van der Waals surface area contributed by atoms with Crippen molar-refractivity contribution < 1.29 is 4.42 Å². The lowest BCUT2D eigenvalue weighted by Gasteiger charge is -2.30. The number of nitrogens with zero attached hydrogens (tertiary/aromatic N) is 1. The Morgan fingerprint density at radius 3 is 2.23 bits per heavy atom. The second-order valence-electron chi connectivity index (χ2n) is 16.2. The quantitative estimate of drug-likeness (QED) is 0.149. The van der Waals surface area contributed by atoms with Crippen molar-refractivity contribution in [3.63, 3.8) is 0 Å². The summed E-state index contributed by atoms with van der Waals surface area (Å²) >= 11 is 3.81. The van der Waals surface area contributed by atoms with Crippen LogP contribution in [0.5, 0.6) is 0 Å². The summed E-state index contributed by atoms with van der Waals surface area (Å²) in [6.45, 7) is 4.11. The average Bonchev–Trinajstić information content (AvgIpc) is 3.95. The molecule has 0 unspecified atom stereocenters. The summed E-state index contributed by atoms with van der Waals surface area (Å²) < 4.78 is 10.4. The summed E-state index contributed by atoms with van der Waals surface area (Å²) in [4.78, 5) is 3.96. The minimum absolute atomic E-state index is 0.770. The van der Waals surface area contributed by atoms with Crippen LogP contribution in [0.15, 0.2) is 193 Å². The number of aryl methyl sites for hydroxylation is 1. The summed E-state index contributed by atoms with van der Waals surface area (Å²) in [7, 11) is 0. The number of furan rings is 1. The van der Waals surface area contributed by atoms with Crippen molar-refractivity contribution >= 4 is 109 Å². The van der Waals surface area contributed by atoms with Gasteiger partial charge in [-0.1, -0.05) is 152 Å². The normalized spacial score (nSPS) is 15.4. The Labute approximate surface area is 369 Å². The van der Waals surface area contributed by atoms with Crippen molar-refractivity contribution in [1.29, 1.82) is 0 Å². The highest BCUT2D eigenvalue weighted by molar-refractivity contribution is 7.26. The molecule has 3 heterocycles. The molecule has 0 radical (unpaired) electrons. The van der Waals surface area contributed by atoms with Crippen LogP contribution in [0.25, 0.3) is 80.9 Å². The molecule has 3 aliphatic carbocycles. The van der Waals surface area contributed by atoms with Gasteiger partial charge in [0, 0.05) is 43.1 Å². The molecule has 9 aromatic rings. The number of anilines is 3. The standard InChI is InChI=1S/C58H41NOS2/c1-2-3-20-39(37-18-6-4-7-19-37)56-44-25-11-10-21-40(44)51(36-47(56)38-33-34-53-48(35-38)41-22-8-5-9-30-52(41)60-53)59(49-28-16-26-45-42-23-12-14-31-54(42)61-57(45)49)50-29-17-27-46-43-24-13-15-32-55(43)62-58(46)50/h2-12,14-18,20-23,25-29,31-36H,1,13,19,24,30H2/b20-3-,39-37+. The van der Waals surface area contributed by atoms with Crippen molar-refractivity contribution in [2.45, 2.75) is 25.7 Å². The Morgan fingerprint density at radius 1 is 0.629 bits per heavy atom. The third-order valence-corrected chi connectivity index (χ3v) is 15.1. The minimum Gasteiger partial charge on any atom is -0.460 e. The van der Waals surface area contributed by atoms with Gasteiger partial charge in [0.2, 0.25) is 0 Å². The molecule has 0 spiro atoms. The molecular weight excluding hydrogens is 791 g/mol.